The average molecular weight is 310 g/mol. The zero-order chi connectivity index (χ0) is 16.6. The van der Waals surface area contributed by atoms with E-state index in [1.807, 2.05) is 25.1 Å². The number of hydrogen-bond acceptors (Lipinski definition) is 4. The number of nitrogens with zero attached hydrogens (tertiary/aromatic N) is 1. The number of hydrogen-bond donors (Lipinski definition) is 1. The predicted octanol–water partition coefficient (Wildman–Crippen LogP) is 3.87. The molecular weight excluding hydrogens is 296 g/mol. The Hall–Kier alpha value is -3.15. The molecule has 3 aromatic rings. The second-order valence-corrected chi connectivity index (χ2v) is 5.20. The van der Waals surface area contributed by atoms with E-state index in [1.54, 1.807) is 13.2 Å². The number of ether oxygens (including phenoxy) is 1. The van der Waals surface area contributed by atoms with Gasteiger partial charge in [-0.15, -0.1) is 0 Å². The fourth-order valence-electron chi connectivity index (χ4n) is 2.70. The van der Waals surface area contributed by atoms with Crippen LogP contribution in [-0.4, -0.2) is 23.3 Å². The first kappa shape index (κ1) is 14.8. The Morgan fingerprint density at radius 2 is 2.00 bits per heavy atom. The van der Waals surface area contributed by atoms with E-state index in [2.05, 4.69) is 4.98 Å². The van der Waals surface area contributed by atoms with Gasteiger partial charge in [-0.1, -0.05) is 0 Å². The van der Waals surface area contributed by atoms with Crippen LogP contribution in [0.1, 0.15) is 15.9 Å². The van der Waals surface area contributed by atoms with Crippen molar-refractivity contribution in [3.05, 3.63) is 57.6 Å². The minimum Gasteiger partial charge on any atom is -0.496 e. The van der Waals surface area contributed by atoms with Crippen molar-refractivity contribution < 1.29 is 14.5 Å². The van der Waals surface area contributed by atoms with E-state index in [0.717, 1.165) is 23.2 Å². The molecule has 2 aromatic carbocycles. The van der Waals surface area contributed by atoms with Gasteiger partial charge in [0.1, 0.15) is 5.75 Å². The van der Waals surface area contributed by atoms with Gasteiger partial charge in [-0.2, -0.15) is 0 Å². The molecule has 6 nitrogen and oxygen atoms in total. The number of nitro benzene ring substituents is 1. The summed E-state index contributed by atoms with van der Waals surface area (Å²) >= 11 is 0. The van der Waals surface area contributed by atoms with Gasteiger partial charge < -0.3 is 9.72 Å². The van der Waals surface area contributed by atoms with E-state index in [-0.39, 0.29) is 5.69 Å². The van der Waals surface area contributed by atoms with Gasteiger partial charge in [0.05, 0.1) is 17.7 Å². The molecule has 0 spiro atoms. The molecule has 0 amide bonds. The lowest BCUT2D eigenvalue weighted by Gasteiger charge is -2.07. The number of aromatic amines is 1. The van der Waals surface area contributed by atoms with Crippen LogP contribution < -0.4 is 4.74 Å². The smallest absolute Gasteiger partial charge is 0.270 e. The highest BCUT2D eigenvalue weighted by atomic mass is 16.6. The minimum atomic E-state index is -0.474. The summed E-state index contributed by atoms with van der Waals surface area (Å²) in [6.45, 7) is 1.91. The second kappa shape index (κ2) is 5.57. The van der Waals surface area contributed by atoms with Gasteiger partial charge in [-0.25, -0.2) is 0 Å². The zero-order valence-electron chi connectivity index (χ0n) is 12.6. The standard InChI is InChI=1S/C17H14N2O4/c1-10-7-11(3-6-16(10)23-2)17-14(9-20)13-8-12(19(21)22)4-5-15(13)18-17/h3-9,18H,1-2H3. The number of fused-ring (bicyclic) bond motifs is 1. The maximum absolute atomic E-state index is 11.6. The number of carbonyl (C=O) groups excluding carboxylic acids is 1. The Labute approximate surface area is 131 Å². The number of aryl methyl sites for hydroxylation is 1. The van der Waals surface area contributed by atoms with Crippen molar-refractivity contribution in [1.29, 1.82) is 0 Å². The lowest BCUT2D eigenvalue weighted by Crippen LogP contribution is -1.90. The summed E-state index contributed by atoms with van der Waals surface area (Å²) in [6.07, 6.45) is 0.720. The van der Waals surface area contributed by atoms with E-state index in [4.69, 9.17) is 4.74 Å². The largest absolute Gasteiger partial charge is 0.496 e. The number of H-pyrrole nitrogens is 1. The molecule has 23 heavy (non-hydrogen) atoms. The molecular formula is C17H14N2O4. The third-order valence-corrected chi connectivity index (χ3v) is 3.83. The fourth-order valence-corrected chi connectivity index (χ4v) is 2.70. The van der Waals surface area contributed by atoms with Crippen LogP contribution in [0.4, 0.5) is 5.69 Å². The highest BCUT2D eigenvalue weighted by molar-refractivity contribution is 6.05. The molecule has 0 unspecified atom stereocenters. The van der Waals surface area contributed by atoms with Crippen molar-refractivity contribution in [2.24, 2.45) is 0 Å². The first-order chi connectivity index (χ1) is 11.0. The highest BCUT2D eigenvalue weighted by Crippen LogP contribution is 2.33. The molecule has 6 heteroatoms. The van der Waals surface area contributed by atoms with Gasteiger partial charge in [0.15, 0.2) is 6.29 Å². The molecule has 0 aliphatic heterocycles. The number of benzene rings is 2. The fraction of sp³-hybridized carbons (Fsp3) is 0.118. The molecule has 3 rings (SSSR count). The molecule has 0 saturated carbocycles. The maximum Gasteiger partial charge on any atom is 0.270 e. The number of nitro groups is 1. The Morgan fingerprint density at radius 3 is 2.61 bits per heavy atom. The summed E-state index contributed by atoms with van der Waals surface area (Å²) < 4.78 is 5.24. The number of carbonyl (C=O) groups is 1. The molecule has 0 fully saturated rings. The van der Waals surface area contributed by atoms with Gasteiger partial charge >= 0.3 is 0 Å². The number of non-ortho nitro benzene ring substituents is 1. The zero-order valence-corrected chi connectivity index (χ0v) is 12.6. The monoisotopic (exact) mass is 310 g/mol. The number of rotatable bonds is 4. The van der Waals surface area contributed by atoms with Crippen LogP contribution in [0.2, 0.25) is 0 Å². The highest BCUT2D eigenvalue weighted by Gasteiger charge is 2.16. The average Bonchev–Trinajstić information content (AvgIpc) is 2.92. The van der Waals surface area contributed by atoms with Crippen molar-refractivity contribution in [1.82, 2.24) is 4.98 Å². The summed E-state index contributed by atoms with van der Waals surface area (Å²) in [7, 11) is 1.60. The minimum absolute atomic E-state index is 0.0444. The molecule has 0 bridgehead atoms. The number of aromatic nitrogens is 1. The molecule has 1 heterocycles. The van der Waals surface area contributed by atoms with Crippen LogP contribution in [0.3, 0.4) is 0 Å². The lowest BCUT2D eigenvalue weighted by atomic mass is 10.0. The number of nitrogens with one attached hydrogen (secondary N) is 1. The van der Waals surface area contributed by atoms with Gasteiger partial charge in [-0.3, -0.25) is 14.9 Å². The molecule has 116 valence electrons. The van der Waals surface area contributed by atoms with Crippen LogP contribution in [0.5, 0.6) is 5.75 Å². The van der Waals surface area contributed by atoms with Gasteiger partial charge in [0, 0.05) is 28.6 Å². The molecule has 0 aliphatic rings. The van der Waals surface area contributed by atoms with E-state index in [9.17, 15) is 14.9 Å². The van der Waals surface area contributed by atoms with Gasteiger partial charge in [0.2, 0.25) is 0 Å². The van der Waals surface area contributed by atoms with Crippen molar-refractivity contribution in [3.63, 3.8) is 0 Å². The van der Waals surface area contributed by atoms with E-state index >= 15 is 0 Å². The van der Waals surface area contributed by atoms with Crippen molar-refractivity contribution >= 4 is 22.9 Å². The van der Waals surface area contributed by atoms with Gasteiger partial charge in [0.25, 0.3) is 5.69 Å². The maximum atomic E-state index is 11.6. The second-order valence-electron chi connectivity index (χ2n) is 5.20. The van der Waals surface area contributed by atoms with Crippen LogP contribution in [-0.2, 0) is 0 Å². The number of methoxy groups -OCH3 is 1. The van der Waals surface area contributed by atoms with Crippen LogP contribution in [0.25, 0.3) is 22.2 Å². The summed E-state index contributed by atoms with van der Waals surface area (Å²) in [5.41, 5.74) is 3.45. The molecule has 0 radical (unpaired) electrons. The molecule has 1 aromatic heterocycles. The Balaban J connectivity index is 2.23. The van der Waals surface area contributed by atoms with Crippen LogP contribution in [0, 0.1) is 17.0 Å². The summed E-state index contributed by atoms with van der Waals surface area (Å²) in [5.74, 6) is 0.758. The molecule has 0 saturated heterocycles. The normalized spacial score (nSPS) is 10.7. The Kier molecular flexibility index (Phi) is 3.57. The van der Waals surface area contributed by atoms with Crippen molar-refractivity contribution in [2.75, 3.05) is 7.11 Å². The van der Waals surface area contributed by atoms with Crippen molar-refractivity contribution in [3.8, 4) is 17.0 Å². The summed E-state index contributed by atoms with van der Waals surface area (Å²) in [5, 5.41) is 11.5. The molecule has 0 aliphatic carbocycles. The first-order valence-corrected chi connectivity index (χ1v) is 6.95. The van der Waals surface area contributed by atoms with Gasteiger partial charge in [-0.05, 0) is 42.3 Å². The summed E-state index contributed by atoms with van der Waals surface area (Å²) in [6, 6.07) is 10.0. The summed E-state index contributed by atoms with van der Waals surface area (Å²) in [4.78, 5) is 25.2. The Bertz CT molecular complexity index is 928. The van der Waals surface area contributed by atoms with E-state index in [1.165, 1.54) is 12.1 Å². The van der Waals surface area contributed by atoms with Crippen LogP contribution in [0.15, 0.2) is 36.4 Å². The Morgan fingerprint density at radius 1 is 1.22 bits per heavy atom. The lowest BCUT2D eigenvalue weighted by molar-refractivity contribution is -0.384. The molecule has 0 atom stereocenters. The number of aldehydes is 1. The first-order valence-electron chi connectivity index (χ1n) is 6.95. The van der Waals surface area contributed by atoms with Crippen molar-refractivity contribution in [2.45, 2.75) is 6.92 Å². The van der Waals surface area contributed by atoms with Crippen LogP contribution >= 0.6 is 0 Å². The van der Waals surface area contributed by atoms with E-state index in [0.29, 0.717) is 22.2 Å². The SMILES string of the molecule is COc1ccc(-c2[nH]c3ccc([N+](=O)[O-])cc3c2C=O)cc1C. The third kappa shape index (κ3) is 2.44. The topological polar surface area (TPSA) is 85.2 Å². The van der Waals surface area contributed by atoms with E-state index < -0.39 is 4.92 Å². The molecule has 1 N–H and O–H groups in total. The predicted molar refractivity (Wildman–Crippen MR) is 87.1 cm³/mol. The third-order valence-electron chi connectivity index (χ3n) is 3.83. The quantitative estimate of drug-likeness (QED) is 0.450.